The van der Waals surface area contributed by atoms with Crippen LogP contribution in [-0.4, -0.2) is 24.4 Å². The van der Waals surface area contributed by atoms with Crippen molar-refractivity contribution in [3.8, 4) is 0 Å². The predicted molar refractivity (Wildman–Crippen MR) is 56.9 cm³/mol. The lowest BCUT2D eigenvalue weighted by Crippen LogP contribution is -2.35. The summed E-state index contributed by atoms with van der Waals surface area (Å²) in [7, 11) is 1.98. The van der Waals surface area contributed by atoms with Crippen molar-refractivity contribution in [2.45, 2.75) is 44.9 Å². The van der Waals surface area contributed by atoms with Crippen LogP contribution in [0.15, 0.2) is 0 Å². The van der Waals surface area contributed by atoms with Crippen LogP contribution in [0, 0.1) is 11.8 Å². The number of rotatable bonds is 3. The third-order valence-electron chi connectivity index (χ3n) is 3.56. The van der Waals surface area contributed by atoms with E-state index >= 15 is 0 Å². The molecule has 2 nitrogen and oxygen atoms in total. The zero-order chi connectivity index (χ0) is 9.97. The standard InChI is InChI=1S/C12H21NO/c1-13(9-10-7-8-10)12(14)11-5-3-2-4-6-11/h10-11H,2-9H2,1H3. The van der Waals surface area contributed by atoms with Gasteiger partial charge in [-0.1, -0.05) is 19.3 Å². The zero-order valence-electron chi connectivity index (χ0n) is 9.17. The average molecular weight is 195 g/mol. The molecule has 0 unspecified atom stereocenters. The lowest BCUT2D eigenvalue weighted by Gasteiger charge is -2.26. The van der Waals surface area contributed by atoms with Crippen molar-refractivity contribution in [3.05, 3.63) is 0 Å². The Labute approximate surface area is 86.7 Å². The largest absolute Gasteiger partial charge is 0.345 e. The van der Waals surface area contributed by atoms with Gasteiger partial charge in [0.2, 0.25) is 5.91 Å². The van der Waals surface area contributed by atoms with Gasteiger partial charge in [0.1, 0.15) is 0 Å². The molecule has 2 fully saturated rings. The Balaban J connectivity index is 1.79. The highest BCUT2D eigenvalue weighted by atomic mass is 16.2. The molecule has 80 valence electrons. The summed E-state index contributed by atoms with van der Waals surface area (Å²) < 4.78 is 0. The van der Waals surface area contributed by atoms with Crippen LogP contribution in [0.1, 0.15) is 44.9 Å². The first-order valence-corrected chi connectivity index (χ1v) is 6.02. The van der Waals surface area contributed by atoms with Gasteiger partial charge < -0.3 is 4.90 Å². The van der Waals surface area contributed by atoms with Gasteiger partial charge in [0.25, 0.3) is 0 Å². The normalized spacial score (nSPS) is 23.5. The van der Waals surface area contributed by atoms with Crippen molar-refractivity contribution in [3.63, 3.8) is 0 Å². The van der Waals surface area contributed by atoms with Gasteiger partial charge in [-0.3, -0.25) is 4.79 Å². The Kier molecular flexibility index (Phi) is 3.09. The van der Waals surface area contributed by atoms with E-state index in [0.29, 0.717) is 11.8 Å². The Morgan fingerprint density at radius 3 is 2.36 bits per heavy atom. The molecule has 0 bridgehead atoms. The number of carbonyl (C=O) groups excluding carboxylic acids is 1. The zero-order valence-corrected chi connectivity index (χ0v) is 9.17. The van der Waals surface area contributed by atoms with Gasteiger partial charge in [0, 0.05) is 19.5 Å². The number of hydrogen-bond donors (Lipinski definition) is 0. The van der Waals surface area contributed by atoms with Gasteiger partial charge in [0.05, 0.1) is 0 Å². The van der Waals surface area contributed by atoms with Crippen LogP contribution in [0.5, 0.6) is 0 Å². The molecule has 1 amide bonds. The Hall–Kier alpha value is -0.530. The topological polar surface area (TPSA) is 20.3 Å². The van der Waals surface area contributed by atoms with Gasteiger partial charge in [-0.2, -0.15) is 0 Å². The second kappa shape index (κ2) is 4.33. The molecular weight excluding hydrogens is 174 g/mol. The van der Waals surface area contributed by atoms with Crippen molar-refractivity contribution < 1.29 is 4.79 Å². The third kappa shape index (κ3) is 2.49. The summed E-state index contributed by atoms with van der Waals surface area (Å²) >= 11 is 0. The minimum Gasteiger partial charge on any atom is -0.345 e. The molecule has 0 spiro atoms. The fraction of sp³-hybridized carbons (Fsp3) is 0.917. The molecule has 14 heavy (non-hydrogen) atoms. The number of amides is 1. The van der Waals surface area contributed by atoms with E-state index in [1.807, 2.05) is 11.9 Å². The maximum absolute atomic E-state index is 12.0. The molecule has 2 saturated carbocycles. The van der Waals surface area contributed by atoms with E-state index in [-0.39, 0.29) is 0 Å². The fourth-order valence-corrected chi connectivity index (χ4v) is 2.44. The molecular formula is C12H21NO. The molecule has 2 aliphatic carbocycles. The first kappa shape index (κ1) is 10.0. The highest BCUT2D eigenvalue weighted by Crippen LogP contribution is 2.31. The van der Waals surface area contributed by atoms with Crippen molar-refractivity contribution in [2.75, 3.05) is 13.6 Å². The van der Waals surface area contributed by atoms with Gasteiger partial charge in [-0.15, -0.1) is 0 Å². The lowest BCUT2D eigenvalue weighted by atomic mass is 9.88. The van der Waals surface area contributed by atoms with Crippen molar-refractivity contribution in [1.82, 2.24) is 4.90 Å². The van der Waals surface area contributed by atoms with E-state index < -0.39 is 0 Å². The molecule has 2 aliphatic rings. The average Bonchev–Trinajstić information content (AvgIpc) is 3.02. The highest BCUT2D eigenvalue weighted by molar-refractivity contribution is 5.78. The maximum Gasteiger partial charge on any atom is 0.225 e. The molecule has 0 radical (unpaired) electrons. The minimum atomic E-state index is 0.354. The van der Waals surface area contributed by atoms with Crippen LogP contribution in [-0.2, 0) is 4.79 Å². The second-order valence-electron chi connectivity index (χ2n) is 5.00. The molecule has 2 rings (SSSR count). The van der Waals surface area contributed by atoms with E-state index in [0.717, 1.165) is 25.3 Å². The van der Waals surface area contributed by atoms with Crippen molar-refractivity contribution in [2.24, 2.45) is 11.8 Å². The van der Waals surface area contributed by atoms with Gasteiger partial charge in [0.15, 0.2) is 0 Å². The molecule has 0 N–H and O–H groups in total. The molecule has 2 heteroatoms. The van der Waals surface area contributed by atoms with Crippen LogP contribution >= 0.6 is 0 Å². The highest BCUT2D eigenvalue weighted by Gasteiger charge is 2.28. The monoisotopic (exact) mass is 195 g/mol. The SMILES string of the molecule is CN(CC1CC1)C(=O)C1CCCCC1. The van der Waals surface area contributed by atoms with Gasteiger partial charge in [-0.25, -0.2) is 0 Å². The summed E-state index contributed by atoms with van der Waals surface area (Å²) in [6.07, 6.45) is 8.78. The Morgan fingerprint density at radius 1 is 1.14 bits per heavy atom. The van der Waals surface area contributed by atoms with E-state index in [2.05, 4.69) is 0 Å². The van der Waals surface area contributed by atoms with Crippen LogP contribution in [0.4, 0.5) is 0 Å². The molecule has 0 aromatic heterocycles. The summed E-state index contributed by atoms with van der Waals surface area (Å²) in [6, 6.07) is 0. The predicted octanol–water partition coefficient (Wildman–Crippen LogP) is 2.44. The van der Waals surface area contributed by atoms with E-state index in [9.17, 15) is 4.79 Å². The smallest absolute Gasteiger partial charge is 0.225 e. The van der Waals surface area contributed by atoms with E-state index in [1.54, 1.807) is 0 Å². The van der Waals surface area contributed by atoms with E-state index in [4.69, 9.17) is 0 Å². The quantitative estimate of drug-likeness (QED) is 0.677. The molecule has 0 atom stereocenters. The fourth-order valence-electron chi connectivity index (χ4n) is 2.44. The first-order chi connectivity index (χ1) is 6.77. The summed E-state index contributed by atoms with van der Waals surface area (Å²) in [5, 5.41) is 0. The van der Waals surface area contributed by atoms with Crippen LogP contribution in [0.2, 0.25) is 0 Å². The van der Waals surface area contributed by atoms with Crippen LogP contribution < -0.4 is 0 Å². The Morgan fingerprint density at radius 2 is 1.79 bits per heavy atom. The molecule has 0 aromatic rings. The summed E-state index contributed by atoms with van der Waals surface area (Å²) in [4.78, 5) is 14.0. The van der Waals surface area contributed by atoms with Crippen LogP contribution in [0.25, 0.3) is 0 Å². The van der Waals surface area contributed by atoms with Gasteiger partial charge in [-0.05, 0) is 31.6 Å². The molecule has 0 aliphatic heterocycles. The Bertz CT molecular complexity index is 204. The minimum absolute atomic E-state index is 0.354. The molecule has 0 saturated heterocycles. The van der Waals surface area contributed by atoms with Crippen LogP contribution in [0.3, 0.4) is 0 Å². The third-order valence-corrected chi connectivity index (χ3v) is 3.56. The second-order valence-corrected chi connectivity index (χ2v) is 5.00. The van der Waals surface area contributed by atoms with Gasteiger partial charge >= 0.3 is 0 Å². The van der Waals surface area contributed by atoms with E-state index in [1.165, 1.54) is 32.1 Å². The van der Waals surface area contributed by atoms with Crippen molar-refractivity contribution >= 4 is 5.91 Å². The summed E-state index contributed by atoms with van der Waals surface area (Å²) in [6.45, 7) is 1.01. The molecule has 0 aromatic carbocycles. The maximum atomic E-state index is 12.0. The van der Waals surface area contributed by atoms with Crippen molar-refractivity contribution in [1.29, 1.82) is 0 Å². The molecule has 0 heterocycles. The summed E-state index contributed by atoms with van der Waals surface area (Å²) in [5.74, 6) is 1.59. The summed E-state index contributed by atoms with van der Waals surface area (Å²) in [5.41, 5.74) is 0. The number of nitrogens with zero attached hydrogens (tertiary/aromatic N) is 1. The first-order valence-electron chi connectivity index (χ1n) is 6.02. The lowest BCUT2D eigenvalue weighted by molar-refractivity contribution is -0.135. The number of hydrogen-bond acceptors (Lipinski definition) is 1. The number of carbonyl (C=O) groups is 1.